The molecule has 0 N–H and O–H groups in total. The van der Waals surface area contributed by atoms with Crippen LogP contribution in [0, 0.1) is 0 Å². The molecule has 1 rings (SSSR count). The molecule has 3 heteroatoms. The van der Waals surface area contributed by atoms with Crippen molar-refractivity contribution in [1.82, 2.24) is 4.90 Å². The quantitative estimate of drug-likeness (QED) is 0.779. The van der Waals surface area contributed by atoms with Crippen LogP contribution in [0.4, 0.5) is 0 Å². The van der Waals surface area contributed by atoms with Gasteiger partial charge in [-0.25, -0.2) is 0 Å². The summed E-state index contributed by atoms with van der Waals surface area (Å²) < 4.78 is 5.67. The number of rotatable bonds is 4. The van der Waals surface area contributed by atoms with E-state index in [1.165, 1.54) is 0 Å². The number of ether oxygens (including phenoxy) is 1. The van der Waals surface area contributed by atoms with E-state index in [1.54, 1.807) is 25.9 Å². The maximum absolute atomic E-state index is 11.6. The van der Waals surface area contributed by atoms with Gasteiger partial charge in [-0.1, -0.05) is 25.1 Å². The van der Waals surface area contributed by atoms with E-state index in [0.717, 1.165) is 17.7 Å². The van der Waals surface area contributed by atoms with Gasteiger partial charge in [0.05, 0.1) is 0 Å². The molecule has 1 amide bonds. The lowest BCUT2D eigenvalue weighted by molar-refractivity contribution is -0.135. The Morgan fingerprint density at radius 2 is 2.00 bits per heavy atom. The van der Waals surface area contributed by atoms with Gasteiger partial charge in [0.2, 0.25) is 0 Å². The third-order valence-corrected chi connectivity index (χ3v) is 2.45. The first kappa shape index (κ1) is 12.6. The summed E-state index contributed by atoms with van der Waals surface area (Å²) in [5, 5.41) is 0. The zero-order valence-electron chi connectivity index (χ0n) is 10.4. The van der Waals surface area contributed by atoms with Gasteiger partial charge >= 0.3 is 0 Å². The molecule has 0 aromatic heterocycles. The number of amides is 1. The molecule has 0 aliphatic heterocycles. The summed E-state index contributed by atoms with van der Waals surface area (Å²) in [6.45, 7) is 3.84. The molecule has 0 fully saturated rings. The lowest BCUT2D eigenvalue weighted by Gasteiger charge is -2.19. The minimum absolute atomic E-state index is 0.0223. The highest BCUT2D eigenvalue weighted by Crippen LogP contribution is 2.19. The summed E-state index contributed by atoms with van der Waals surface area (Å²) in [5.41, 5.74) is 1.13. The van der Waals surface area contributed by atoms with Gasteiger partial charge in [0, 0.05) is 14.1 Å². The maximum atomic E-state index is 11.6. The third-order valence-electron chi connectivity index (χ3n) is 2.45. The van der Waals surface area contributed by atoms with Gasteiger partial charge < -0.3 is 9.64 Å². The lowest BCUT2D eigenvalue weighted by Crippen LogP contribution is -2.35. The standard InChI is InChI=1S/C13H19NO2/c1-5-11-8-6-7-9-12(11)16-10(2)13(15)14(3)4/h6-10H,5H2,1-4H3. The number of carbonyl (C=O) groups is 1. The molecule has 0 spiro atoms. The van der Waals surface area contributed by atoms with Crippen molar-refractivity contribution in [3.63, 3.8) is 0 Å². The van der Waals surface area contributed by atoms with Gasteiger partial charge in [-0.2, -0.15) is 0 Å². The Morgan fingerprint density at radius 3 is 2.56 bits per heavy atom. The van der Waals surface area contributed by atoms with Crippen molar-refractivity contribution in [3.05, 3.63) is 29.8 Å². The first-order chi connectivity index (χ1) is 7.56. The van der Waals surface area contributed by atoms with Gasteiger partial charge in [-0.05, 0) is 25.0 Å². The molecular formula is C13H19NO2. The largest absolute Gasteiger partial charge is 0.481 e. The van der Waals surface area contributed by atoms with E-state index in [0.29, 0.717) is 0 Å². The maximum Gasteiger partial charge on any atom is 0.262 e. The Balaban J connectivity index is 2.76. The predicted octanol–water partition coefficient (Wildman–Crippen LogP) is 2.10. The van der Waals surface area contributed by atoms with Crippen LogP contribution in [0.3, 0.4) is 0 Å². The number of nitrogens with zero attached hydrogens (tertiary/aromatic N) is 1. The second-order valence-electron chi connectivity index (χ2n) is 3.95. The van der Waals surface area contributed by atoms with E-state index in [4.69, 9.17) is 4.74 Å². The number of hydrogen-bond acceptors (Lipinski definition) is 2. The van der Waals surface area contributed by atoms with E-state index in [9.17, 15) is 4.79 Å². The van der Waals surface area contributed by atoms with Gasteiger partial charge in [0.25, 0.3) is 5.91 Å². The van der Waals surface area contributed by atoms with Crippen LogP contribution < -0.4 is 4.74 Å². The average Bonchev–Trinajstić information content (AvgIpc) is 2.28. The monoisotopic (exact) mass is 221 g/mol. The molecule has 3 nitrogen and oxygen atoms in total. The number of para-hydroxylation sites is 1. The van der Waals surface area contributed by atoms with E-state index >= 15 is 0 Å². The fourth-order valence-corrected chi connectivity index (χ4v) is 1.52. The van der Waals surface area contributed by atoms with Crippen LogP contribution in [0.25, 0.3) is 0 Å². The summed E-state index contributed by atoms with van der Waals surface area (Å²) in [7, 11) is 3.46. The molecule has 1 atom stereocenters. The molecular weight excluding hydrogens is 202 g/mol. The molecule has 16 heavy (non-hydrogen) atoms. The van der Waals surface area contributed by atoms with Gasteiger partial charge in [-0.15, -0.1) is 0 Å². The molecule has 1 aromatic rings. The smallest absolute Gasteiger partial charge is 0.262 e. The van der Waals surface area contributed by atoms with Gasteiger partial charge in [0.15, 0.2) is 6.10 Å². The zero-order chi connectivity index (χ0) is 12.1. The van der Waals surface area contributed by atoms with Crippen molar-refractivity contribution in [2.75, 3.05) is 14.1 Å². The summed E-state index contributed by atoms with van der Waals surface area (Å²) in [5.74, 6) is 0.776. The highest BCUT2D eigenvalue weighted by Gasteiger charge is 2.17. The van der Waals surface area contributed by atoms with Crippen molar-refractivity contribution in [1.29, 1.82) is 0 Å². The van der Waals surface area contributed by atoms with Crippen LogP contribution in [-0.4, -0.2) is 31.0 Å². The van der Waals surface area contributed by atoms with Gasteiger partial charge in [0.1, 0.15) is 5.75 Å². The Kier molecular flexibility index (Phi) is 4.35. The van der Waals surface area contributed by atoms with Crippen LogP contribution in [0.1, 0.15) is 19.4 Å². The molecule has 1 aromatic carbocycles. The molecule has 0 heterocycles. The van der Waals surface area contributed by atoms with E-state index in [-0.39, 0.29) is 5.91 Å². The van der Waals surface area contributed by atoms with Gasteiger partial charge in [-0.3, -0.25) is 4.79 Å². The Bertz CT molecular complexity index is 361. The minimum atomic E-state index is -0.442. The van der Waals surface area contributed by atoms with E-state index < -0.39 is 6.10 Å². The first-order valence-electron chi connectivity index (χ1n) is 5.52. The minimum Gasteiger partial charge on any atom is -0.481 e. The molecule has 0 saturated heterocycles. The van der Waals surface area contributed by atoms with Crippen molar-refractivity contribution < 1.29 is 9.53 Å². The summed E-state index contributed by atoms with van der Waals surface area (Å²) in [6, 6.07) is 7.81. The lowest BCUT2D eigenvalue weighted by atomic mass is 10.1. The number of likely N-dealkylation sites (N-methyl/N-ethyl adjacent to an activating group) is 1. The fourth-order valence-electron chi connectivity index (χ4n) is 1.52. The summed E-state index contributed by atoms with van der Waals surface area (Å²) >= 11 is 0. The number of hydrogen-bond donors (Lipinski definition) is 0. The first-order valence-corrected chi connectivity index (χ1v) is 5.52. The normalized spacial score (nSPS) is 12.0. The molecule has 0 saturated carbocycles. The molecule has 1 unspecified atom stereocenters. The third kappa shape index (κ3) is 2.99. The van der Waals surface area contributed by atoms with Crippen molar-refractivity contribution in [2.24, 2.45) is 0 Å². The number of aryl methyl sites for hydroxylation is 1. The van der Waals surface area contributed by atoms with Crippen LogP contribution in [0.5, 0.6) is 5.75 Å². The Morgan fingerprint density at radius 1 is 1.38 bits per heavy atom. The number of benzene rings is 1. The highest BCUT2D eigenvalue weighted by molar-refractivity contribution is 5.80. The second kappa shape index (κ2) is 5.54. The zero-order valence-corrected chi connectivity index (χ0v) is 10.4. The van der Waals surface area contributed by atoms with Crippen LogP contribution >= 0.6 is 0 Å². The van der Waals surface area contributed by atoms with Crippen LogP contribution in [0.15, 0.2) is 24.3 Å². The molecule has 0 aliphatic carbocycles. The average molecular weight is 221 g/mol. The summed E-state index contributed by atoms with van der Waals surface area (Å²) in [4.78, 5) is 13.2. The Labute approximate surface area is 97.0 Å². The number of carbonyl (C=O) groups excluding carboxylic acids is 1. The topological polar surface area (TPSA) is 29.5 Å². The summed E-state index contributed by atoms with van der Waals surface area (Å²) in [6.07, 6.45) is 0.460. The Hall–Kier alpha value is -1.51. The second-order valence-corrected chi connectivity index (χ2v) is 3.95. The SMILES string of the molecule is CCc1ccccc1OC(C)C(=O)N(C)C. The van der Waals surface area contributed by atoms with Crippen molar-refractivity contribution in [3.8, 4) is 5.75 Å². The predicted molar refractivity (Wildman–Crippen MR) is 64.6 cm³/mol. The fraction of sp³-hybridized carbons (Fsp3) is 0.462. The van der Waals surface area contributed by atoms with E-state index in [2.05, 4.69) is 6.92 Å². The molecule has 0 bridgehead atoms. The van der Waals surface area contributed by atoms with Crippen molar-refractivity contribution in [2.45, 2.75) is 26.4 Å². The van der Waals surface area contributed by atoms with Crippen molar-refractivity contribution >= 4 is 5.91 Å². The highest BCUT2D eigenvalue weighted by atomic mass is 16.5. The molecule has 88 valence electrons. The van der Waals surface area contributed by atoms with Crippen LogP contribution in [-0.2, 0) is 11.2 Å². The molecule has 0 aliphatic rings. The molecule has 0 radical (unpaired) electrons. The van der Waals surface area contributed by atoms with Crippen LogP contribution in [0.2, 0.25) is 0 Å². The van der Waals surface area contributed by atoms with E-state index in [1.807, 2.05) is 24.3 Å².